The number of carbonyl (C=O) groups excluding carboxylic acids is 1. The number of rotatable bonds is 7. The monoisotopic (exact) mass is 311 g/mol. The molecule has 0 aliphatic rings. The van der Waals surface area contributed by atoms with Gasteiger partial charge in [0.1, 0.15) is 0 Å². The van der Waals surface area contributed by atoms with Gasteiger partial charge in [-0.25, -0.2) is 0 Å². The van der Waals surface area contributed by atoms with Crippen molar-refractivity contribution in [1.82, 2.24) is 4.90 Å². The van der Waals surface area contributed by atoms with Crippen LogP contribution < -0.4 is 0 Å². The minimum Gasteiger partial charge on any atom is -0.376 e. The smallest absolute Gasteiger partial charge is 0.200 e. The van der Waals surface area contributed by atoms with E-state index < -0.39 is 5.60 Å². The molecule has 0 spiro atoms. The summed E-state index contributed by atoms with van der Waals surface area (Å²) in [6.45, 7) is 7.90. The lowest BCUT2D eigenvalue weighted by molar-refractivity contribution is 0.00970. The molecule has 0 fully saturated rings. The summed E-state index contributed by atoms with van der Waals surface area (Å²) in [5, 5.41) is 11.3. The standard InChI is InChI=1S/C20H25NO2/c1-4-21(5-2)15-20(23,18-9-7-6-8-10-18)19(22)17-13-11-16(3)12-14-17/h6-14,23H,4-5,15H2,1-3H3. The minimum absolute atomic E-state index is 0.254. The van der Waals surface area contributed by atoms with Crippen molar-refractivity contribution in [3.05, 3.63) is 71.3 Å². The molecule has 1 N–H and O–H groups in total. The van der Waals surface area contributed by atoms with Crippen molar-refractivity contribution in [2.75, 3.05) is 19.6 Å². The van der Waals surface area contributed by atoms with Crippen LogP contribution in [0.1, 0.15) is 35.3 Å². The average Bonchev–Trinajstić information content (AvgIpc) is 2.60. The number of benzene rings is 2. The van der Waals surface area contributed by atoms with Crippen LogP contribution in [0.5, 0.6) is 0 Å². The molecule has 2 aromatic rings. The molecule has 0 aliphatic carbocycles. The zero-order valence-corrected chi connectivity index (χ0v) is 14.1. The van der Waals surface area contributed by atoms with Gasteiger partial charge < -0.3 is 10.0 Å². The fraction of sp³-hybridized carbons (Fsp3) is 0.350. The van der Waals surface area contributed by atoms with Gasteiger partial charge in [-0.3, -0.25) is 4.79 Å². The van der Waals surface area contributed by atoms with Crippen LogP contribution in [0.25, 0.3) is 0 Å². The molecule has 3 nitrogen and oxygen atoms in total. The van der Waals surface area contributed by atoms with Crippen molar-refractivity contribution in [3.8, 4) is 0 Å². The second kappa shape index (κ2) is 7.53. The van der Waals surface area contributed by atoms with E-state index in [1.807, 2.05) is 63.2 Å². The Hall–Kier alpha value is -1.97. The van der Waals surface area contributed by atoms with Crippen molar-refractivity contribution in [1.29, 1.82) is 0 Å². The van der Waals surface area contributed by atoms with Crippen LogP contribution in [0.2, 0.25) is 0 Å². The first-order chi connectivity index (χ1) is 11.0. The molecule has 0 bridgehead atoms. The quantitative estimate of drug-likeness (QED) is 0.797. The molecule has 3 heteroatoms. The van der Waals surface area contributed by atoms with Gasteiger partial charge >= 0.3 is 0 Å². The van der Waals surface area contributed by atoms with Crippen molar-refractivity contribution in [2.24, 2.45) is 0 Å². The van der Waals surface area contributed by atoms with E-state index in [4.69, 9.17) is 0 Å². The van der Waals surface area contributed by atoms with Gasteiger partial charge in [-0.1, -0.05) is 74.0 Å². The topological polar surface area (TPSA) is 40.5 Å². The molecule has 0 amide bonds. The minimum atomic E-state index is -1.54. The molecule has 122 valence electrons. The molecule has 1 atom stereocenters. The van der Waals surface area contributed by atoms with Gasteiger partial charge in [-0.2, -0.15) is 0 Å². The van der Waals surface area contributed by atoms with Crippen LogP contribution in [0.4, 0.5) is 0 Å². The Morgan fingerprint density at radius 3 is 2.09 bits per heavy atom. The summed E-state index contributed by atoms with van der Waals surface area (Å²) in [5.41, 5.74) is 0.725. The summed E-state index contributed by atoms with van der Waals surface area (Å²) in [4.78, 5) is 15.1. The van der Waals surface area contributed by atoms with Crippen LogP contribution in [0.15, 0.2) is 54.6 Å². The van der Waals surface area contributed by atoms with Crippen LogP contribution >= 0.6 is 0 Å². The van der Waals surface area contributed by atoms with Crippen molar-refractivity contribution >= 4 is 5.78 Å². The summed E-state index contributed by atoms with van der Waals surface area (Å²) >= 11 is 0. The number of aryl methyl sites for hydroxylation is 1. The third-order valence-corrected chi connectivity index (χ3v) is 4.29. The van der Waals surface area contributed by atoms with Gasteiger partial charge in [0.2, 0.25) is 0 Å². The van der Waals surface area contributed by atoms with E-state index in [1.165, 1.54) is 0 Å². The lowest BCUT2D eigenvalue weighted by Crippen LogP contribution is -2.46. The van der Waals surface area contributed by atoms with Gasteiger partial charge in [-0.15, -0.1) is 0 Å². The summed E-state index contributed by atoms with van der Waals surface area (Å²) < 4.78 is 0. The SMILES string of the molecule is CCN(CC)CC(O)(C(=O)c1ccc(C)cc1)c1ccccc1. The predicted octanol–water partition coefficient (Wildman–Crippen LogP) is 3.41. The second-order valence-electron chi connectivity index (χ2n) is 5.88. The first-order valence-electron chi connectivity index (χ1n) is 8.13. The number of aliphatic hydroxyl groups is 1. The molecule has 1 unspecified atom stereocenters. The predicted molar refractivity (Wildman–Crippen MR) is 93.6 cm³/mol. The van der Waals surface area contributed by atoms with E-state index >= 15 is 0 Å². The third kappa shape index (κ3) is 3.87. The number of likely N-dealkylation sites (N-methyl/N-ethyl adjacent to an activating group) is 1. The number of nitrogens with zero attached hydrogens (tertiary/aromatic N) is 1. The summed E-state index contributed by atoms with van der Waals surface area (Å²) in [6, 6.07) is 16.6. The van der Waals surface area contributed by atoms with Gasteiger partial charge in [-0.05, 0) is 25.6 Å². The van der Waals surface area contributed by atoms with Gasteiger partial charge in [0.05, 0.1) is 0 Å². The maximum Gasteiger partial charge on any atom is 0.200 e. The van der Waals surface area contributed by atoms with E-state index in [-0.39, 0.29) is 12.3 Å². The molecule has 0 heterocycles. The average molecular weight is 311 g/mol. The molecule has 0 saturated carbocycles. The number of carbonyl (C=O) groups is 1. The Labute approximate surface area is 138 Å². The van der Waals surface area contributed by atoms with E-state index in [9.17, 15) is 9.90 Å². The number of Topliss-reactive ketones (excluding diaryl/α,β-unsaturated/α-hetero) is 1. The van der Waals surface area contributed by atoms with Gasteiger partial charge in [0, 0.05) is 12.1 Å². The Balaban J connectivity index is 2.44. The molecule has 2 aromatic carbocycles. The van der Waals surface area contributed by atoms with Crippen molar-refractivity contribution in [2.45, 2.75) is 26.4 Å². The molecule has 0 aliphatic heterocycles. The number of ketones is 1. The largest absolute Gasteiger partial charge is 0.376 e. The molecule has 0 aromatic heterocycles. The highest BCUT2D eigenvalue weighted by atomic mass is 16.3. The summed E-state index contributed by atoms with van der Waals surface area (Å²) in [7, 11) is 0. The Morgan fingerprint density at radius 1 is 1.00 bits per heavy atom. The molecular formula is C20H25NO2. The molecule has 0 saturated heterocycles. The maximum absolute atomic E-state index is 13.1. The molecule has 0 radical (unpaired) electrons. The Bertz CT molecular complexity index is 632. The lowest BCUT2D eigenvalue weighted by Gasteiger charge is -2.32. The zero-order valence-electron chi connectivity index (χ0n) is 14.1. The fourth-order valence-electron chi connectivity index (χ4n) is 2.72. The van der Waals surface area contributed by atoms with Crippen LogP contribution in [-0.4, -0.2) is 35.4 Å². The highest BCUT2D eigenvalue weighted by molar-refractivity contribution is 6.03. The normalized spacial score (nSPS) is 13.8. The van der Waals surface area contributed by atoms with E-state index in [0.29, 0.717) is 11.1 Å². The second-order valence-corrected chi connectivity index (χ2v) is 5.88. The first-order valence-corrected chi connectivity index (χ1v) is 8.13. The van der Waals surface area contributed by atoms with E-state index in [0.717, 1.165) is 18.7 Å². The first kappa shape index (κ1) is 17.4. The summed E-state index contributed by atoms with van der Waals surface area (Å²) in [5.74, 6) is -0.254. The number of hydrogen-bond acceptors (Lipinski definition) is 3. The number of hydrogen-bond donors (Lipinski definition) is 1. The lowest BCUT2D eigenvalue weighted by atomic mass is 9.85. The van der Waals surface area contributed by atoms with Crippen molar-refractivity contribution in [3.63, 3.8) is 0 Å². The van der Waals surface area contributed by atoms with Crippen LogP contribution in [0.3, 0.4) is 0 Å². The maximum atomic E-state index is 13.1. The van der Waals surface area contributed by atoms with E-state index in [1.54, 1.807) is 12.1 Å². The van der Waals surface area contributed by atoms with Crippen LogP contribution in [-0.2, 0) is 5.60 Å². The zero-order chi connectivity index (χ0) is 16.9. The molecule has 2 rings (SSSR count). The fourth-order valence-corrected chi connectivity index (χ4v) is 2.72. The summed E-state index contributed by atoms with van der Waals surface area (Å²) in [6.07, 6.45) is 0. The van der Waals surface area contributed by atoms with Crippen LogP contribution in [0, 0.1) is 6.92 Å². The molecular weight excluding hydrogens is 286 g/mol. The molecule has 23 heavy (non-hydrogen) atoms. The Morgan fingerprint density at radius 2 is 1.57 bits per heavy atom. The Kier molecular flexibility index (Phi) is 5.69. The highest BCUT2D eigenvalue weighted by Gasteiger charge is 2.39. The van der Waals surface area contributed by atoms with E-state index in [2.05, 4.69) is 4.90 Å². The highest BCUT2D eigenvalue weighted by Crippen LogP contribution is 2.27. The van der Waals surface area contributed by atoms with Crippen molar-refractivity contribution < 1.29 is 9.90 Å². The van der Waals surface area contributed by atoms with Gasteiger partial charge in [0.25, 0.3) is 0 Å². The van der Waals surface area contributed by atoms with Gasteiger partial charge in [0.15, 0.2) is 11.4 Å². The third-order valence-electron chi connectivity index (χ3n) is 4.29.